The highest BCUT2D eigenvalue weighted by Crippen LogP contribution is 2.38. The molecule has 0 radical (unpaired) electrons. The summed E-state index contributed by atoms with van der Waals surface area (Å²) in [7, 11) is 0. The number of nitrogens with one attached hydrogen (secondary N) is 2. The zero-order valence-corrected chi connectivity index (χ0v) is 13.3. The molecule has 4 atom stereocenters. The van der Waals surface area contributed by atoms with E-state index < -0.39 is 0 Å². The summed E-state index contributed by atoms with van der Waals surface area (Å²) in [5, 5.41) is 6.50. The van der Waals surface area contributed by atoms with Crippen molar-refractivity contribution in [1.29, 1.82) is 0 Å². The summed E-state index contributed by atoms with van der Waals surface area (Å²) in [6.07, 6.45) is 2.61. The van der Waals surface area contributed by atoms with Gasteiger partial charge in [-0.1, -0.05) is 20.8 Å². The number of hydrogen-bond donors (Lipinski definition) is 2. The van der Waals surface area contributed by atoms with Crippen LogP contribution in [-0.4, -0.2) is 29.8 Å². The minimum absolute atomic E-state index is 0.0141. The number of carbonyl (C=O) groups is 1. The van der Waals surface area contributed by atoms with Crippen molar-refractivity contribution in [3.8, 4) is 0 Å². The van der Waals surface area contributed by atoms with Gasteiger partial charge in [-0.3, -0.25) is 0 Å². The van der Waals surface area contributed by atoms with Crippen LogP contribution in [0.5, 0.6) is 0 Å². The molecule has 4 heteroatoms. The molecule has 1 heterocycles. The number of piperidine rings is 1. The Kier molecular flexibility index (Phi) is 5.25. The zero-order valence-electron chi connectivity index (χ0n) is 13.3. The third kappa shape index (κ3) is 3.62. The van der Waals surface area contributed by atoms with Crippen molar-refractivity contribution in [2.75, 3.05) is 6.54 Å². The van der Waals surface area contributed by atoms with E-state index in [1.807, 2.05) is 6.92 Å². The topological polar surface area (TPSA) is 50.4 Å². The predicted octanol–water partition coefficient (Wildman–Crippen LogP) is 3.07. The average Bonchev–Trinajstić information content (AvgIpc) is 2.36. The van der Waals surface area contributed by atoms with Gasteiger partial charge < -0.3 is 15.4 Å². The first-order chi connectivity index (χ1) is 8.80. The first-order valence-corrected chi connectivity index (χ1v) is 7.54. The summed E-state index contributed by atoms with van der Waals surface area (Å²) in [4.78, 5) is 11.7. The van der Waals surface area contributed by atoms with Gasteiger partial charge in [-0.15, -0.1) is 0 Å². The molecule has 0 bridgehead atoms. The Morgan fingerprint density at radius 1 is 1.32 bits per heavy atom. The van der Waals surface area contributed by atoms with Gasteiger partial charge in [-0.25, -0.2) is 4.79 Å². The van der Waals surface area contributed by atoms with Crippen LogP contribution in [0.15, 0.2) is 0 Å². The summed E-state index contributed by atoms with van der Waals surface area (Å²) < 4.78 is 5.65. The van der Waals surface area contributed by atoms with Crippen LogP contribution in [0.3, 0.4) is 0 Å². The highest BCUT2D eigenvalue weighted by molar-refractivity contribution is 5.67. The van der Waals surface area contributed by atoms with Gasteiger partial charge in [0.2, 0.25) is 0 Å². The molecule has 0 spiro atoms. The van der Waals surface area contributed by atoms with Crippen LogP contribution in [-0.2, 0) is 4.74 Å². The van der Waals surface area contributed by atoms with Crippen LogP contribution in [0.2, 0.25) is 0 Å². The fourth-order valence-electron chi connectivity index (χ4n) is 3.00. The van der Waals surface area contributed by atoms with Gasteiger partial charge in [-0.2, -0.15) is 0 Å². The molecule has 0 aromatic heterocycles. The second-order valence-electron chi connectivity index (χ2n) is 6.28. The molecule has 1 aliphatic rings. The Labute approximate surface area is 117 Å². The fraction of sp³-hybridized carbons (Fsp3) is 0.933. The predicted molar refractivity (Wildman–Crippen MR) is 78.3 cm³/mol. The molecule has 1 amide bonds. The summed E-state index contributed by atoms with van der Waals surface area (Å²) in [5.41, 5.74) is 0.0502. The lowest BCUT2D eigenvalue weighted by atomic mass is 9.70. The van der Waals surface area contributed by atoms with E-state index in [1.54, 1.807) is 0 Å². The Bertz CT molecular complexity index is 321. The minimum atomic E-state index is -0.293. The number of ether oxygens (including phenoxy) is 1. The lowest BCUT2D eigenvalue weighted by Crippen LogP contribution is -2.66. The second kappa shape index (κ2) is 6.12. The molecular formula is C15H30N2O2. The van der Waals surface area contributed by atoms with E-state index in [-0.39, 0.29) is 23.3 Å². The largest absolute Gasteiger partial charge is 0.446 e. The van der Waals surface area contributed by atoms with Crippen molar-refractivity contribution in [3.63, 3.8) is 0 Å². The first kappa shape index (κ1) is 16.3. The second-order valence-corrected chi connectivity index (χ2v) is 6.28. The third-order valence-corrected chi connectivity index (χ3v) is 4.90. The summed E-state index contributed by atoms with van der Waals surface area (Å²) >= 11 is 0. The van der Waals surface area contributed by atoms with E-state index in [0.717, 1.165) is 19.3 Å². The molecule has 2 N–H and O–H groups in total. The number of amides is 1. The molecule has 4 nitrogen and oxygen atoms in total. The molecule has 0 aromatic carbocycles. The summed E-state index contributed by atoms with van der Waals surface area (Å²) in [6, 6.07) is 0. The molecule has 19 heavy (non-hydrogen) atoms. The van der Waals surface area contributed by atoms with Crippen molar-refractivity contribution in [2.24, 2.45) is 5.92 Å². The molecule has 1 saturated heterocycles. The molecule has 1 rings (SSSR count). The summed E-state index contributed by atoms with van der Waals surface area (Å²) in [6.45, 7) is 13.5. The highest BCUT2D eigenvalue weighted by atomic mass is 16.6. The molecule has 112 valence electrons. The van der Waals surface area contributed by atoms with E-state index >= 15 is 0 Å². The monoisotopic (exact) mass is 270 g/mol. The van der Waals surface area contributed by atoms with E-state index in [1.165, 1.54) is 0 Å². The van der Waals surface area contributed by atoms with Crippen LogP contribution < -0.4 is 10.6 Å². The Morgan fingerprint density at radius 2 is 1.95 bits per heavy atom. The van der Waals surface area contributed by atoms with Gasteiger partial charge in [0.15, 0.2) is 0 Å². The average molecular weight is 270 g/mol. The van der Waals surface area contributed by atoms with Crippen LogP contribution in [0, 0.1) is 5.92 Å². The van der Waals surface area contributed by atoms with E-state index in [4.69, 9.17) is 4.74 Å². The minimum Gasteiger partial charge on any atom is -0.446 e. The van der Waals surface area contributed by atoms with Gasteiger partial charge in [0.05, 0.1) is 0 Å². The first-order valence-electron chi connectivity index (χ1n) is 7.54. The lowest BCUT2D eigenvalue weighted by molar-refractivity contribution is -0.0370. The molecule has 0 aromatic rings. The quantitative estimate of drug-likeness (QED) is 0.825. The number of carbonyl (C=O) groups excluding carboxylic acids is 1. The maximum Gasteiger partial charge on any atom is 0.407 e. The maximum atomic E-state index is 11.7. The van der Waals surface area contributed by atoms with Crippen LogP contribution in [0.4, 0.5) is 4.79 Å². The zero-order chi connectivity index (χ0) is 14.7. The van der Waals surface area contributed by atoms with Crippen LogP contribution in [0.25, 0.3) is 0 Å². The van der Waals surface area contributed by atoms with Gasteiger partial charge in [0, 0.05) is 30.0 Å². The van der Waals surface area contributed by atoms with Gasteiger partial charge in [0.25, 0.3) is 0 Å². The van der Waals surface area contributed by atoms with Gasteiger partial charge >= 0.3 is 6.09 Å². The van der Waals surface area contributed by atoms with Crippen LogP contribution >= 0.6 is 0 Å². The Balaban J connectivity index is 2.86. The maximum absolute atomic E-state index is 11.7. The SMILES string of the molecule is CCNC(=O)OC1CC(C)(CC)NC(C)(CC)C1C. The number of hydrogen-bond acceptors (Lipinski definition) is 3. The highest BCUT2D eigenvalue weighted by Gasteiger charge is 2.47. The van der Waals surface area contributed by atoms with Crippen molar-refractivity contribution < 1.29 is 9.53 Å². The molecule has 0 saturated carbocycles. The van der Waals surface area contributed by atoms with E-state index in [2.05, 4.69) is 45.3 Å². The van der Waals surface area contributed by atoms with Crippen molar-refractivity contribution in [2.45, 2.75) is 78.0 Å². The van der Waals surface area contributed by atoms with Gasteiger partial charge in [-0.05, 0) is 33.6 Å². The van der Waals surface area contributed by atoms with E-state index in [0.29, 0.717) is 12.5 Å². The third-order valence-electron chi connectivity index (χ3n) is 4.90. The van der Waals surface area contributed by atoms with Gasteiger partial charge in [0.1, 0.15) is 6.10 Å². The molecule has 1 aliphatic heterocycles. The Hall–Kier alpha value is -0.770. The van der Waals surface area contributed by atoms with Crippen molar-refractivity contribution in [3.05, 3.63) is 0 Å². The van der Waals surface area contributed by atoms with Crippen LogP contribution in [0.1, 0.15) is 60.8 Å². The molecule has 1 fully saturated rings. The summed E-state index contributed by atoms with van der Waals surface area (Å²) in [5.74, 6) is 0.305. The Morgan fingerprint density at radius 3 is 2.42 bits per heavy atom. The van der Waals surface area contributed by atoms with Crippen molar-refractivity contribution in [1.82, 2.24) is 10.6 Å². The number of rotatable bonds is 4. The normalized spacial score (nSPS) is 38.8. The number of alkyl carbamates (subject to hydrolysis) is 1. The van der Waals surface area contributed by atoms with Crippen molar-refractivity contribution >= 4 is 6.09 Å². The smallest absolute Gasteiger partial charge is 0.407 e. The molecular weight excluding hydrogens is 240 g/mol. The standard InChI is InChI=1S/C15H30N2O2/c1-7-14(5)10-12(19-13(18)16-9-3)11(4)15(6,8-2)17-14/h11-12,17H,7-10H2,1-6H3,(H,16,18). The molecule has 0 aliphatic carbocycles. The molecule has 4 unspecified atom stereocenters. The lowest BCUT2D eigenvalue weighted by Gasteiger charge is -2.52. The van der Waals surface area contributed by atoms with E-state index in [9.17, 15) is 4.79 Å². The fourth-order valence-corrected chi connectivity index (χ4v) is 3.00.